The minimum atomic E-state index is 0.305. The summed E-state index contributed by atoms with van der Waals surface area (Å²) in [7, 11) is 0. The molecule has 0 atom stereocenters. The van der Waals surface area contributed by atoms with E-state index in [2.05, 4.69) is 22.2 Å². The van der Waals surface area contributed by atoms with Gasteiger partial charge in [-0.15, -0.1) is 0 Å². The molecule has 0 aromatic carbocycles. The van der Waals surface area contributed by atoms with Gasteiger partial charge in [-0.2, -0.15) is 0 Å². The van der Waals surface area contributed by atoms with Gasteiger partial charge in [0.25, 0.3) is 0 Å². The number of halogens is 1. The molecular weight excluding hydrogens is 186 g/mol. The molecule has 0 radical (unpaired) electrons. The molecule has 1 N–H and O–H groups in total. The van der Waals surface area contributed by atoms with Crippen LogP contribution in [0.2, 0.25) is 5.28 Å². The maximum Gasteiger partial charge on any atom is 0.224 e. The Bertz CT molecular complexity index is 255. The lowest BCUT2D eigenvalue weighted by molar-refractivity contribution is 0.830. The van der Waals surface area contributed by atoms with E-state index in [4.69, 9.17) is 11.6 Å². The van der Waals surface area contributed by atoms with Gasteiger partial charge >= 0.3 is 0 Å². The van der Waals surface area contributed by atoms with E-state index < -0.39 is 0 Å². The Morgan fingerprint density at radius 1 is 1.46 bits per heavy atom. The first-order chi connectivity index (χ1) is 6.22. The Hall–Kier alpha value is -0.830. The predicted octanol–water partition coefficient (Wildman–Crippen LogP) is 2.65. The van der Waals surface area contributed by atoms with E-state index in [1.807, 2.05) is 13.0 Å². The van der Waals surface area contributed by atoms with Crippen LogP contribution in [0, 0.1) is 6.92 Å². The summed E-state index contributed by atoms with van der Waals surface area (Å²) in [4.78, 5) is 8.03. The summed E-state index contributed by atoms with van der Waals surface area (Å²) in [5.41, 5.74) is 0.888. The van der Waals surface area contributed by atoms with E-state index in [9.17, 15) is 0 Å². The van der Waals surface area contributed by atoms with E-state index in [0.717, 1.165) is 24.5 Å². The zero-order valence-electron chi connectivity index (χ0n) is 7.97. The zero-order valence-corrected chi connectivity index (χ0v) is 8.73. The van der Waals surface area contributed by atoms with Crippen LogP contribution in [0.1, 0.15) is 25.5 Å². The molecule has 0 unspecified atom stereocenters. The van der Waals surface area contributed by atoms with Crippen molar-refractivity contribution in [2.75, 3.05) is 11.9 Å². The summed E-state index contributed by atoms with van der Waals surface area (Å²) in [6.07, 6.45) is 2.31. The quantitative estimate of drug-likeness (QED) is 0.599. The summed E-state index contributed by atoms with van der Waals surface area (Å²) >= 11 is 5.70. The molecule has 72 valence electrons. The van der Waals surface area contributed by atoms with Crippen LogP contribution >= 0.6 is 11.6 Å². The van der Waals surface area contributed by atoms with Crippen LogP contribution in [-0.4, -0.2) is 16.5 Å². The molecule has 0 fully saturated rings. The second kappa shape index (κ2) is 5.02. The van der Waals surface area contributed by atoms with Gasteiger partial charge in [0, 0.05) is 18.3 Å². The number of hydrogen-bond acceptors (Lipinski definition) is 3. The Kier molecular flexibility index (Phi) is 3.96. The van der Waals surface area contributed by atoms with Crippen molar-refractivity contribution in [3.8, 4) is 0 Å². The van der Waals surface area contributed by atoms with Crippen molar-refractivity contribution >= 4 is 17.4 Å². The van der Waals surface area contributed by atoms with Gasteiger partial charge in [0.05, 0.1) is 0 Å². The summed E-state index contributed by atoms with van der Waals surface area (Å²) < 4.78 is 0. The van der Waals surface area contributed by atoms with Crippen molar-refractivity contribution in [3.63, 3.8) is 0 Å². The highest BCUT2D eigenvalue weighted by atomic mass is 35.5. The van der Waals surface area contributed by atoms with E-state index in [1.165, 1.54) is 6.42 Å². The van der Waals surface area contributed by atoms with Crippen LogP contribution in [-0.2, 0) is 0 Å². The summed E-state index contributed by atoms with van der Waals surface area (Å²) in [6.45, 7) is 4.99. The molecule has 0 aliphatic heterocycles. The second-order valence-electron chi connectivity index (χ2n) is 2.94. The summed E-state index contributed by atoms with van der Waals surface area (Å²) in [6, 6.07) is 1.89. The van der Waals surface area contributed by atoms with Gasteiger partial charge in [0.1, 0.15) is 5.82 Å². The fourth-order valence-corrected chi connectivity index (χ4v) is 1.24. The SMILES string of the molecule is CCCCNc1cc(C)nc(Cl)n1. The maximum absolute atomic E-state index is 5.70. The Balaban J connectivity index is 2.56. The van der Waals surface area contributed by atoms with Gasteiger partial charge in [-0.1, -0.05) is 13.3 Å². The number of rotatable bonds is 4. The van der Waals surface area contributed by atoms with E-state index in [1.54, 1.807) is 0 Å². The average Bonchev–Trinajstić information content (AvgIpc) is 2.03. The topological polar surface area (TPSA) is 37.8 Å². The van der Waals surface area contributed by atoms with Crippen molar-refractivity contribution in [3.05, 3.63) is 17.0 Å². The molecule has 1 aromatic heterocycles. The zero-order chi connectivity index (χ0) is 9.68. The molecule has 0 saturated heterocycles. The monoisotopic (exact) mass is 199 g/mol. The normalized spacial score (nSPS) is 10.1. The molecule has 1 heterocycles. The molecule has 4 heteroatoms. The minimum Gasteiger partial charge on any atom is -0.370 e. The molecule has 0 aliphatic carbocycles. The van der Waals surface area contributed by atoms with Gasteiger partial charge in [-0.05, 0) is 24.9 Å². The number of aromatic nitrogens is 2. The molecule has 0 spiro atoms. The van der Waals surface area contributed by atoms with Gasteiger partial charge in [-0.25, -0.2) is 9.97 Å². The maximum atomic E-state index is 5.70. The van der Waals surface area contributed by atoms with E-state index >= 15 is 0 Å². The second-order valence-corrected chi connectivity index (χ2v) is 3.28. The van der Waals surface area contributed by atoms with Crippen LogP contribution < -0.4 is 5.32 Å². The molecule has 0 amide bonds. The molecule has 0 saturated carbocycles. The van der Waals surface area contributed by atoms with Gasteiger partial charge in [-0.3, -0.25) is 0 Å². The van der Waals surface area contributed by atoms with Crippen molar-refractivity contribution in [2.45, 2.75) is 26.7 Å². The standard InChI is InChI=1S/C9H14ClN3/c1-3-4-5-11-8-6-7(2)12-9(10)13-8/h6H,3-5H2,1-2H3,(H,11,12,13). The largest absolute Gasteiger partial charge is 0.370 e. The molecular formula is C9H14ClN3. The van der Waals surface area contributed by atoms with Crippen molar-refractivity contribution < 1.29 is 0 Å². The molecule has 13 heavy (non-hydrogen) atoms. The number of nitrogens with one attached hydrogen (secondary N) is 1. The Morgan fingerprint density at radius 2 is 2.23 bits per heavy atom. The van der Waals surface area contributed by atoms with Gasteiger partial charge in [0.2, 0.25) is 5.28 Å². The number of nitrogens with zero attached hydrogens (tertiary/aromatic N) is 2. The summed E-state index contributed by atoms with van der Waals surface area (Å²) in [5, 5.41) is 3.50. The smallest absolute Gasteiger partial charge is 0.224 e. The highest BCUT2D eigenvalue weighted by molar-refractivity contribution is 6.28. The fraction of sp³-hybridized carbons (Fsp3) is 0.556. The third-order valence-electron chi connectivity index (χ3n) is 1.66. The third-order valence-corrected chi connectivity index (χ3v) is 1.83. The first-order valence-electron chi connectivity index (χ1n) is 4.47. The van der Waals surface area contributed by atoms with Crippen LogP contribution in [0.5, 0.6) is 0 Å². The molecule has 1 rings (SSSR count). The van der Waals surface area contributed by atoms with Crippen molar-refractivity contribution in [1.82, 2.24) is 9.97 Å². The minimum absolute atomic E-state index is 0.305. The highest BCUT2D eigenvalue weighted by Gasteiger charge is 1.97. The lowest BCUT2D eigenvalue weighted by Gasteiger charge is -2.04. The molecule has 0 aliphatic rings. The lowest BCUT2D eigenvalue weighted by Crippen LogP contribution is -2.03. The number of hydrogen-bond donors (Lipinski definition) is 1. The van der Waals surface area contributed by atoms with E-state index in [0.29, 0.717) is 5.28 Å². The lowest BCUT2D eigenvalue weighted by atomic mass is 10.3. The molecule has 1 aromatic rings. The number of unbranched alkanes of at least 4 members (excludes halogenated alkanes) is 1. The molecule has 0 bridgehead atoms. The summed E-state index contributed by atoms with van der Waals surface area (Å²) in [5.74, 6) is 0.811. The fourth-order valence-electron chi connectivity index (χ4n) is 1.02. The Morgan fingerprint density at radius 3 is 2.85 bits per heavy atom. The van der Waals surface area contributed by atoms with Crippen molar-refractivity contribution in [1.29, 1.82) is 0 Å². The third kappa shape index (κ3) is 3.59. The van der Waals surface area contributed by atoms with Crippen LogP contribution in [0.3, 0.4) is 0 Å². The first kappa shape index (κ1) is 10.3. The Labute approximate surface area is 83.5 Å². The number of anilines is 1. The van der Waals surface area contributed by atoms with E-state index in [-0.39, 0.29) is 0 Å². The first-order valence-corrected chi connectivity index (χ1v) is 4.85. The average molecular weight is 200 g/mol. The van der Waals surface area contributed by atoms with Gasteiger partial charge < -0.3 is 5.32 Å². The van der Waals surface area contributed by atoms with Crippen LogP contribution in [0.15, 0.2) is 6.07 Å². The van der Waals surface area contributed by atoms with Gasteiger partial charge in [0.15, 0.2) is 0 Å². The number of aryl methyl sites for hydroxylation is 1. The molecule has 3 nitrogen and oxygen atoms in total. The van der Waals surface area contributed by atoms with Crippen LogP contribution in [0.25, 0.3) is 0 Å². The van der Waals surface area contributed by atoms with Crippen LogP contribution in [0.4, 0.5) is 5.82 Å². The predicted molar refractivity (Wildman–Crippen MR) is 55.2 cm³/mol. The van der Waals surface area contributed by atoms with Crippen molar-refractivity contribution in [2.24, 2.45) is 0 Å². The highest BCUT2D eigenvalue weighted by Crippen LogP contribution is 2.09.